The second kappa shape index (κ2) is 6.74. The molecule has 1 amide bonds. The molecule has 0 spiro atoms. The minimum atomic E-state index is -0.942. The Hall–Kier alpha value is -1.91. The molecule has 0 unspecified atom stereocenters. The van der Waals surface area contributed by atoms with Gasteiger partial charge in [0.1, 0.15) is 5.82 Å². The van der Waals surface area contributed by atoms with Gasteiger partial charge < -0.3 is 10.0 Å². The van der Waals surface area contributed by atoms with Crippen LogP contribution in [0.25, 0.3) is 0 Å². The summed E-state index contributed by atoms with van der Waals surface area (Å²) >= 11 is 0. The van der Waals surface area contributed by atoms with Crippen molar-refractivity contribution in [1.82, 2.24) is 4.90 Å². The van der Waals surface area contributed by atoms with Crippen molar-refractivity contribution < 1.29 is 19.1 Å². The molecule has 1 aromatic carbocycles. The molecule has 1 N–H and O–H groups in total. The molecule has 4 nitrogen and oxygen atoms in total. The molecule has 1 rings (SSSR count). The zero-order chi connectivity index (χ0) is 13.5. The minimum Gasteiger partial charge on any atom is -0.481 e. The Bertz CT molecular complexity index is 417. The van der Waals surface area contributed by atoms with Crippen molar-refractivity contribution in [1.29, 1.82) is 0 Å². The average molecular weight is 253 g/mol. The smallest absolute Gasteiger partial charge is 0.305 e. The summed E-state index contributed by atoms with van der Waals surface area (Å²) in [6, 6.07) is 5.24. The van der Waals surface area contributed by atoms with E-state index in [9.17, 15) is 14.0 Å². The van der Waals surface area contributed by atoms with Crippen LogP contribution in [0, 0.1) is 5.82 Å². The molecule has 0 radical (unpaired) electrons. The quantitative estimate of drug-likeness (QED) is 0.845. The highest BCUT2D eigenvalue weighted by Gasteiger charge is 2.15. The summed E-state index contributed by atoms with van der Waals surface area (Å²) in [4.78, 5) is 24.1. The molecule has 0 saturated carbocycles. The summed E-state index contributed by atoms with van der Waals surface area (Å²) in [6.07, 6.45) is 0.652. The third kappa shape index (κ3) is 4.16. The SMILES string of the molecule is CCCN(CCC(=O)O)C(=O)c1ccc(F)cc1. The fourth-order valence-electron chi connectivity index (χ4n) is 1.59. The van der Waals surface area contributed by atoms with Crippen LogP contribution in [0.2, 0.25) is 0 Å². The first-order chi connectivity index (χ1) is 8.54. The van der Waals surface area contributed by atoms with Gasteiger partial charge in [-0.05, 0) is 30.7 Å². The van der Waals surface area contributed by atoms with Gasteiger partial charge in [-0.15, -0.1) is 0 Å². The molecule has 18 heavy (non-hydrogen) atoms. The van der Waals surface area contributed by atoms with Gasteiger partial charge in [-0.2, -0.15) is 0 Å². The molecule has 98 valence electrons. The van der Waals surface area contributed by atoms with E-state index in [1.165, 1.54) is 29.2 Å². The molecule has 0 atom stereocenters. The predicted octanol–water partition coefficient (Wildman–Crippen LogP) is 2.15. The topological polar surface area (TPSA) is 57.6 Å². The number of carbonyl (C=O) groups is 2. The second-order valence-electron chi connectivity index (χ2n) is 3.94. The molecule has 0 fully saturated rings. The summed E-state index contributed by atoms with van der Waals surface area (Å²) in [5, 5.41) is 8.63. The van der Waals surface area contributed by atoms with Gasteiger partial charge in [0.05, 0.1) is 6.42 Å². The Balaban J connectivity index is 2.75. The summed E-state index contributed by atoms with van der Waals surface area (Å²) in [7, 11) is 0. The Kier molecular flexibility index (Phi) is 5.30. The average Bonchev–Trinajstić information content (AvgIpc) is 2.34. The fourth-order valence-corrected chi connectivity index (χ4v) is 1.59. The molecule has 1 aromatic rings. The number of rotatable bonds is 6. The lowest BCUT2D eigenvalue weighted by Gasteiger charge is -2.21. The van der Waals surface area contributed by atoms with E-state index in [1.807, 2.05) is 6.92 Å². The van der Waals surface area contributed by atoms with Gasteiger partial charge in [0, 0.05) is 18.7 Å². The normalized spacial score (nSPS) is 10.1. The van der Waals surface area contributed by atoms with Gasteiger partial charge in [-0.3, -0.25) is 9.59 Å². The highest BCUT2D eigenvalue weighted by molar-refractivity contribution is 5.94. The van der Waals surface area contributed by atoms with Gasteiger partial charge >= 0.3 is 5.97 Å². The van der Waals surface area contributed by atoms with E-state index in [-0.39, 0.29) is 18.9 Å². The number of carbonyl (C=O) groups excluding carboxylic acids is 1. The maximum Gasteiger partial charge on any atom is 0.305 e. The Labute approximate surface area is 105 Å². The number of hydrogen-bond acceptors (Lipinski definition) is 2. The molecule has 0 heterocycles. The maximum absolute atomic E-state index is 12.8. The molecule has 0 aromatic heterocycles. The lowest BCUT2D eigenvalue weighted by atomic mass is 10.2. The largest absolute Gasteiger partial charge is 0.481 e. The zero-order valence-corrected chi connectivity index (χ0v) is 10.2. The van der Waals surface area contributed by atoms with Gasteiger partial charge in [0.25, 0.3) is 5.91 Å². The molecular formula is C13H16FNO3. The predicted molar refractivity (Wildman–Crippen MR) is 64.8 cm³/mol. The number of nitrogens with zero attached hydrogens (tertiary/aromatic N) is 1. The molecule has 0 aliphatic rings. The van der Waals surface area contributed by atoms with Crippen LogP contribution in [-0.2, 0) is 4.79 Å². The van der Waals surface area contributed by atoms with Crippen LogP contribution in [-0.4, -0.2) is 35.0 Å². The Morgan fingerprint density at radius 1 is 1.22 bits per heavy atom. The van der Waals surface area contributed by atoms with Crippen molar-refractivity contribution in [3.63, 3.8) is 0 Å². The number of carboxylic acid groups (broad SMARTS) is 1. The monoisotopic (exact) mass is 253 g/mol. The van der Waals surface area contributed by atoms with Gasteiger partial charge in [-0.1, -0.05) is 6.92 Å². The van der Waals surface area contributed by atoms with Crippen molar-refractivity contribution in [3.05, 3.63) is 35.6 Å². The van der Waals surface area contributed by atoms with E-state index >= 15 is 0 Å². The van der Waals surface area contributed by atoms with Crippen molar-refractivity contribution in [2.75, 3.05) is 13.1 Å². The van der Waals surface area contributed by atoms with Crippen molar-refractivity contribution >= 4 is 11.9 Å². The van der Waals surface area contributed by atoms with Gasteiger partial charge in [-0.25, -0.2) is 4.39 Å². The van der Waals surface area contributed by atoms with Crippen molar-refractivity contribution in [3.8, 4) is 0 Å². The standard InChI is InChI=1S/C13H16FNO3/c1-2-8-15(9-7-12(16)17)13(18)10-3-5-11(14)6-4-10/h3-6H,2,7-9H2,1H3,(H,16,17). The first-order valence-electron chi connectivity index (χ1n) is 5.81. The lowest BCUT2D eigenvalue weighted by molar-refractivity contribution is -0.137. The summed E-state index contributed by atoms with van der Waals surface area (Å²) in [5.74, 6) is -1.61. The van der Waals surface area contributed by atoms with E-state index in [4.69, 9.17) is 5.11 Å². The van der Waals surface area contributed by atoms with Crippen LogP contribution < -0.4 is 0 Å². The second-order valence-corrected chi connectivity index (χ2v) is 3.94. The van der Waals surface area contributed by atoms with E-state index in [0.717, 1.165) is 6.42 Å². The van der Waals surface area contributed by atoms with Crippen LogP contribution in [0.3, 0.4) is 0 Å². The van der Waals surface area contributed by atoms with E-state index in [1.54, 1.807) is 0 Å². The fraction of sp³-hybridized carbons (Fsp3) is 0.385. The van der Waals surface area contributed by atoms with Crippen LogP contribution in [0.15, 0.2) is 24.3 Å². The molecule has 0 aliphatic heterocycles. The third-order valence-corrected chi connectivity index (χ3v) is 2.47. The minimum absolute atomic E-state index is 0.0903. The summed E-state index contributed by atoms with van der Waals surface area (Å²) in [6.45, 7) is 2.56. The Morgan fingerprint density at radius 2 is 1.83 bits per heavy atom. The molecule has 5 heteroatoms. The molecule has 0 bridgehead atoms. The van der Waals surface area contributed by atoms with Crippen molar-refractivity contribution in [2.45, 2.75) is 19.8 Å². The number of carboxylic acids is 1. The van der Waals surface area contributed by atoms with Crippen LogP contribution in [0.1, 0.15) is 30.1 Å². The summed E-state index contributed by atoms with van der Waals surface area (Å²) in [5.41, 5.74) is 0.371. The number of hydrogen-bond donors (Lipinski definition) is 1. The van der Waals surface area contributed by atoms with E-state index in [0.29, 0.717) is 12.1 Å². The Morgan fingerprint density at radius 3 is 2.33 bits per heavy atom. The van der Waals surface area contributed by atoms with Crippen LogP contribution >= 0.6 is 0 Å². The van der Waals surface area contributed by atoms with E-state index in [2.05, 4.69) is 0 Å². The van der Waals surface area contributed by atoms with Crippen molar-refractivity contribution in [2.24, 2.45) is 0 Å². The maximum atomic E-state index is 12.8. The zero-order valence-electron chi connectivity index (χ0n) is 10.2. The lowest BCUT2D eigenvalue weighted by Crippen LogP contribution is -2.33. The van der Waals surface area contributed by atoms with Gasteiger partial charge in [0.15, 0.2) is 0 Å². The first-order valence-corrected chi connectivity index (χ1v) is 5.81. The van der Waals surface area contributed by atoms with Gasteiger partial charge in [0.2, 0.25) is 0 Å². The van der Waals surface area contributed by atoms with E-state index < -0.39 is 11.8 Å². The first kappa shape index (κ1) is 14.2. The number of aliphatic carboxylic acids is 1. The summed E-state index contributed by atoms with van der Waals surface area (Å²) < 4.78 is 12.8. The highest BCUT2D eigenvalue weighted by atomic mass is 19.1. The van der Waals surface area contributed by atoms with Crippen LogP contribution in [0.5, 0.6) is 0 Å². The number of amides is 1. The van der Waals surface area contributed by atoms with Crippen LogP contribution in [0.4, 0.5) is 4.39 Å². The number of halogens is 1. The highest BCUT2D eigenvalue weighted by Crippen LogP contribution is 2.08. The molecular weight excluding hydrogens is 237 g/mol. The molecule has 0 saturated heterocycles. The number of benzene rings is 1. The molecule has 0 aliphatic carbocycles. The third-order valence-electron chi connectivity index (χ3n) is 2.47.